The molecule has 8 heteroatoms. The summed E-state index contributed by atoms with van der Waals surface area (Å²) in [5, 5.41) is 9.68. The van der Waals surface area contributed by atoms with E-state index < -0.39 is 5.97 Å². The fraction of sp³-hybridized carbons (Fsp3) is 0.778. The molecule has 0 saturated carbocycles. The van der Waals surface area contributed by atoms with Crippen LogP contribution in [-0.4, -0.2) is 39.1 Å². The molecule has 0 heterocycles. The third-order valence-electron chi connectivity index (χ3n) is 0.943. The summed E-state index contributed by atoms with van der Waals surface area (Å²) in [6.45, 7) is 5.42. The maximum Gasteiger partial charge on any atom is 1.00 e. The normalized spacial score (nSPS) is 6.53. The van der Waals surface area contributed by atoms with Crippen LogP contribution < -0.4 is 64.2 Å². The Morgan fingerprint density at radius 1 is 1.18 bits per heavy atom. The molecule has 0 saturated heterocycles. The SMILES string of the molecule is CCOC.CCOCCC(=O)[O-].O=C=O.[Na+].[Na+]. The number of rotatable bonds is 5. The Morgan fingerprint density at radius 2 is 1.53 bits per heavy atom. The van der Waals surface area contributed by atoms with Gasteiger partial charge in [-0.05, 0) is 13.8 Å². The monoisotopic (exact) mass is 267 g/mol. The van der Waals surface area contributed by atoms with Gasteiger partial charge < -0.3 is 19.4 Å². The van der Waals surface area contributed by atoms with Crippen molar-refractivity contribution in [3.05, 3.63) is 0 Å². The van der Waals surface area contributed by atoms with Crippen LogP contribution in [0.4, 0.5) is 0 Å². The van der Waals surface area contributed by atoms with E-state index in [1.165, 1.54) is 0 Å². The number of methoxy groups -OCH3 is 1. The third kappa shape index (κ3) is 79.8. The van der Waals surface area contributed by atoms with Crippen LogP contribution in [0.15, 0.2) is 0 Å². The van der Waals surface area contributed by atoms with E-state index >= 15 is 0 Å². The minimum Gasteiger partial charge on any atom is -0.550 e. The Morgan fingerprint density at radius 3 is 1.71 bits per heavy atom. The minimum absolute atomic E-state index is 0. The van der Waals surface area contributed by atoms with Crippen molar-refractivity contribution in [2.75, 3.05) is 26.9 Å². The van der Waals surface area contributed by atoms with Crippen LogP contribution in [0.25, 0.3) is 0 Å². The second-order valence-electron chi connectivity index (χ2n) is 1.98. The van der Waals surface area contributed by atoms with Gasteiger partial charge in [-0.2, -0.15) is 9.59 Å². The van der Waals surface area contributed by atoms with Gasteiger partial charge in [0.25, 0.3) is 0 Å². The van der Waals surface area contributed by atoms with Gasteiger partial charge in [0.2, 0.25) is 0 Å². The molecule has 0 bridgehead atoms. The predicted octanol–water partition coefficient (Wildman–Crippen LogP) is -6.76. The molecule has 0 spiro atoms. The van der Waals surface area contributed by atoms with Gasteiger partial charge in [-0.15, -0.1) is 0 Å². The molecule has 0 aromatic carbocycles. The summed E-state index contributed by atoms with van der Waals surface area (Å²) in [5.41, 5.74) is 0. The van der Waals surface area contributed by atoms with E-state index in [0.29, 0.717) is 6.61 Å². The zero-order valence-electron chi connectivity index (χ0n) is 11.3. The van der Waals surface area contributed by atoms with Crippen molar-refractivity contribution in [2.24, 2.45) is 0 Å². The molecule has 0 aliphatic carbocycles. The van der Waals surface area contributed by atoms with E-state index in [2.05, 4.69) is 4.74 Å². The molecule has 0 fully saturated rings. The van der Waals surface area contributed by atoms with Gasteiger partial charge in [-0.25, -0.2) is 0 Å². The number of hydrogen-bond donors (Lipinski definition) is 0. The van der Waals surface area contributed by atoms with E-state index in [0.717, 1.165) is 6.61 Å². The smallest absolute Gasteiger partial charge is 0.550 e. The van der Waals surface area contributed by atoms with E-state index in [9.17, 15) is 9.90 Å². The van der Waals surface area contributed by atoms with Crippen molar-refractivity contribution in [3.63, 3.8) is 0 Å². The minimum atomic E-state index is -1.06. The second-order valence-corrected chi connectivity index (χ2v) is 1.98. The maximum absolute atomic E-state index is 9.68. The van der Waals surface area contributed by atoms with Crippen LogP contribution in [-0.2, 0) is 23.9 Å². The fourth-order valence-electron chi connectivity index (χ4n) is 0.300. The molecule has 0 unspecified atom stereocenters. The summed E-state index contributed by atoms with van der Waals surface area (Å²) in [6, 6.07) is 0. The largest absolute Gasteiger partial charge is 1.00 e. The molecule has 17 heavy (non-hydrogen) atoms. The molecule has 0 radical (unpaired) electrons. The van der Waals surface area contributed by atoms with Crippen molar-refractivity contribution in [2.45, 2.75) is 20.3 Å². The van der Waals surface area contributed by atoms with E-state index in [-0.39, 0.29) is 78.3 Å². The first-order valence-electron chi connectivity index (χ1n) is 4.36. The van der Waals surface area contributed by atoms with Crippen molar-refractivity contribution < 1.29 is 88.1 Å². The fourth-order valence-corrected chi connectivity index (χ4v) is 0.300. The molecule has 0 atom stereocenters. The number of aliphatic carboxylic acids is 1. The van der Waals surface area contributed by atoms with Crippen molar-refractivity contribution in [1.82, 2.24) is 0 Å². The molecule has 0 N–H and O–H groups in total. The van der Waals surface area contributed by atoms with Crippen LogP contribution in [0.3, 0.4) is 0 Å². The molecule has 0 amide bonds. The number of carboxylic acid groups (broad SMARTS) is 1. The zero-order chi connectivity index (χ0) is 12.5. The Bertz CT molecular complexity index is 158. The Balaban J connectivity index is -0.0000000461. The number of carboxylic acids is 1. The zero-order valence-corrected chi connectivity index (χ0v) is 15.3. The van der Waals surface area contributed by atoms with Crippen molar-refractivity contribution in [1.29, 1.82) is 0 Å². The molecule has 0 aliphatic heterocycles. The van der Waals surface area contributed by atoms with Gasteiger partial charge >= 0.3 is 65.3 Å². The predicted molar refractivity (Wildman–Crippen MR) is 48.7 cm³/mol. The summed E-state index contributed by atoms with van der Waals surface area (Å²) in [5.74, 6) is -1.06. The van der Waals surface area contributed by atoms with Crippen LogP contribution in [0.1, 0.15) is 20.3 Å². The molecule has 0 aromatic rings. The van der Waals surface area contributed by atoms with Gasteiger partial charge in [0.05, 0.1) is 6.61 Å². The van der Waals surface area contributed by atoms with Gasteiger partial charge in [-0.1, -0.05) is 0 Å². The molecule has 0 aromatic heterocycles. The summed E-state index contributed by atoms with van der Waals surface area (Å²) >= 11 is 0. The summed E-state index contributed by atoms with van der Waals surface area (Å²) in [7, 11) is 1.68. The van der Waals surface area contributed by atoms with Gasteiger partial charge in [-0.3, -0.25) is 0 Å². The molecule has 0 aliphatic rings. The molecular weight excluding hydrogens is 250 g/mol. The average Bonchev–Trinajstić information content (AvgIpc) is 2.19. The first kappa shape index (κ1) is 30.6. The number of carbonyl (C=O) groups is 1. The first-order chi connectivity index (χ1) is 7.10. The molecule has 6 nitrogen and oxygen atoms in total. The van der Waals surface area contributed by atoms with Gasteiger partial charge in [0.1, 0.15) is 0 Å². The Labute approximate surface area is 146 Å². The third-order valence-corrected chi connectivity index (χ3v) is 0.943. The average molecular weight is 267 g/mol. The topological polar surface area (TPSA) is 92.7 Å². The number of hydrogen-bond acceptors (Lipinski definition) is 6. The number of carbonyl (C=O) groups excluding carboxylic acids is 3. The van der Waals surface area contributed by atoms with Gasteiger partial charge in [0, 0.05) is 32.7 Å². The van der Waals surface area contributed by atoms with Crippen LogP contribution in [0.2, 0.25) is 0 Å². The van der Waals surface area contributed by atoms with Crippen molar-refractivity contribution in [3.8, 4) is 0 Å². The van der Waals surface area contributed by atoms with Crippen molar-refractivity contribution >= 4 is 12.1 Å². The Hall–Kier alpha value is 0.770. The second kappa shape index (κ2) is 36.0. The standard InChI is InChI=1S/C5H10O3.C3H8O.CO2.2Na/c1-2-8-4-3-5(6)7;1-3-4-2;2-1-3;;/h2-4H2,1H3,(H,6,7);3H2,1-2H3;;;/q;;;2*+1/p-1. The van der Waals surface area contributed by atoms with Gasteiger partial charge in [0.15, 0.2) is 0 Å². The van der Waals surface area contributed by atoms with Crippen LogP contribution >= 0.6 is 0 Å². The summed E-state index contributed by atoms with van der Waals surface area (Å²) in [6.07, 6.45) is 0.244. The quantitative estimate of drug-likeness (QED) is 0.363. The number of ether oxygens (including phenoxy) is 2. The van der Waals surface area contributed by atoms with E-state index in [1.807, 2.05) is 13.8 Å². The molecular formula is C9H17Na2O6+. The van der Waals surface area contributed by atoms with E-state index in [4.69, 9.17) is 14.3 Å². The molecule has 0 rings (SSSR count). The van der Waals surface area contributed by atoms with Crippen LogP contribution in [0.5, 0.6) is 0 Å². The summed E-state index contributed by atoms with van der Waals surface area (Å²) < 4.78 is 9.27. The van der Waals surface area contributed by atoms with E-state index in [1.54, 1.807) is 7.11 Å². The van der Waals surface area contributed by atoms with Crippen LogP contribution in [0, 0.1) is 0 Å². The Kier molecular flexibility index (Phi) is 64.8. The summed E-state index contributed by atoms with van der Waals surface area (Å²) in [4.78, 5) is 25.9. The molecule has 90 valence electrons. The first-order valence-corrected chi connectivity index (χ1v) is 4.36. The maximum atomic E-state index is 9.68.